The van der Waals surface area contributed by atoms with Gasteiger partial charge in [0.25, 0.3) is 0 Å². The Morgan fingerprint density at radius 1 is 1.57 bits per heavy atom. The lowest BCUT2D eigenvalue weighted by Gasteiger charge is -2.08. The summed E-state index contributed by atoms with van der Waals surface area (Å²) in [6.45, 7) is 3.18. The number of nitrogens with two attached hydrogens (primary N) is 1. The predicted molar refractivity (Wildman–Crippen MR) is 26.4 cm³/mol. The van der Waals surface area contributed by atoms with Gasteiger partial charge in [0.05, 0.1) is 0 Å². The summed E-state index contributed by atoms with van der Waals surface area (Å²) in [5.41, 5.74) is 5.11. The van der Waals surface area contributed by atoms with Gasteiger partial charge in [0.2, 0.25) is 0 Å². The van der Waals surface area contributed by atoms with Gasteiger partial charge in [0.1, 0.15) is 6.23 Å². The van der Waals surface area contributed by atoms with Crippen LogP contribution in [0.4, 0.5) is 0 Å². The normalized spacial score (nSPS) is 18.9. The van der Waals surface area contributed by atoms with Crippen LogP contribution in [0.25, 0.3) is 0 Å². The molecule has 0 amide bonds. The first-order valence-corrected chi connectivity index (χ1v) is 2.22. The standard InChI is InChI=1S/C4H11NO2/c1-3(5)7-4(2)6/h3-4,6H,5H2,1-2H3. The van der Waals surface area contributed by atoms with Gasteiger partial charge in [-0.1, -0.05) is 0 Å². The molecule has 2 unspecified atom stereocenters. The van der Waals surface area contributed by atoms with E-state index in [0.717, 1.165) is 0 Å². The van der Waals surface area contributed by atoms with Crippen LogP contribution in [0.3, 0.4) is 0 Å². The molecule has 2 atom stereocenters. The second kappa shape index (κ2) is 2.96. The van der Waals surface area contributed by atoms with Crippen molar-refractivity contribution in [2.45, 2.75) is 26.4 Å². The van der Waals surface area contributed by atoms with E-state index in [9.17, 15) is 0 Å². The monoisotopic (exact) mass is 105 g/mol. The molecule has 0 aromatic heterocycles. The van der Waals surface area contributed by atoms with Crippen molar-refractivity contribution in [2.75, 3.05) is 0 Å². The number of aliphatic hydroxyl groups is 1. The Labute approximate surface area is 43.1 Å². The fourth-order valence-corrected chi connectivity index (χ4v) is 0.311. The van der Waals surface area contributed by atoms with Crippen molar-refractivity contribution in [3.8, 4) is 0 Å². The average Bonchev–Trinajstić information content (AvgIpc) is 1.27. The molecule has 0 fully saturated rings. The molecule has 0 aromatic carbocycles. The maximum absolute atomic E-state index is 8.42. The molecule has 3 heteroatoms. The minimum Gasteiger partial charge on any atom is -0.368 e. The topological polar surface area (TPSA) is 55.5 Å². The van der Waals surface area contributed by atoms with Gasteiger partial charge in [-0.2, -0.15) is 0 Å². The van der Waals surface area contributed by atoms with Gasteiger partial charge in [-0.05, 0) is 13.8 Å². The van der Waals surface area contributed by atoms with Crippen molar-refractivity contribution >= 4 is 0 Å². The Morgan fingerprint density at radius 3 is 2.00 bits per heavy atom. The fourth-order valence-electron chi connectivity index (χ4n) is 0.311. The second-order valence-electron chi connectivity index (χ2n) is 1.44. The summed E-state index contributed by atoms with van der Waals surface area (Å²) in [5.74, 6) is 0. The number of rotatable bonds is 2. The van der Waals surface area contributed by atoms with Crippen molar-refractivity contribution in [1.29, 1.82) is 0 Å². The first-order chi connectivity index (χ1) is 3.13. The molecule has 0 saturated carbocycles. The van der Waals surface area contributed by atoms with E-state index in [1.807, 2.05) is 0 Å². The number of hydrogen-bond acceptors (Lipinski definition) is 3. The molecule has 3 N–H and O–H groups in total. The van der Waals surface area contributed by atoms with Crippen molar-refractivity contribution in [3.63, 3.8) is 0 Å². The van der Waals surface area contributed by atoms with Gasteiger partial charge < -0.3 is 15.6 Å². The van der Waals surface area contributed by atoms with E-state index < -0.39 is 6.29 Å². The highest BCUT2D eigenvalue weighted by molar-refractivity contribution is 4.31. The largest absolute Gasteiger partial charge is 0.368 e. The van der Waals surface area contributed by atoms with E-state index in [1.165, 1.54) is 6.92 Å². The molecule has 44 valence electrons. The maximum Gasteiger partial charge on any atom is 0.153 e. The molecule has 0 aliphatic carbocycles. The summed E-state index contributed by atoms with van der Waals surface area (Å²) in [4.78, 5) is 0. The van der Waals surface area contributed by atoms with Gasteiger partial charge in [-0.15, -0.1) is 0 Å². The van der Waals surface area contributed by atoms with Crippen LogP contribution < -0.4 is 5.73 Å². The molecule has 3 nitrogen and oxygen atoms in total. The van der Waals surface area contributed by atoms with Gasteiger partial charge in [-0.25, -0.2) is 0 Å². The number of aliphatic hydroxyl groups excluding tert-OH is 1. The zero-order valence-electron chi connectivity index (χ0n) is 4.59. The molecule has 0 aliphatic rings. The molecule has 0 bridgehead atoms. The van der Waals surface area contributed by atoms with E-state index in [1.54, 1.807) is 6.92 Å². The zero-order chi connectivity index (χ0) is 5.86. The minimum absolute atomic E-state index is 0.375. The third-order valence-electron chi connectivity index (χ3n) is 0.412. The van der Waals surface area contributed by atoms with Gasteiger partial charge in [-0.3, -0.25) is 0 Å². The lowest BCUT2D eigenvalue weighted by atomic mass is 10.7. The van der Waals surface area contributed by atoms with Crippen LogP contribution in [0.15, 0.2) is 0 Å². The van der Waals surface area contributed by atoms with E-state index in [4.69, 9.17) is 10.8 Å². The van der Waals surface area contributed by atoms with Crippen LogP contribution in [0, 0.1) is 0 Å². The highest BCUT2D eigenvalue weighted by Crippen LogP contribution is 1.85. The Hall–Kier alpha value is -0.120. The van der Waals surface area contributed by atoms with E-state index in [-0.39, 0.29) is 6.23 Å². The van der Waals surface area contributed by atoms with Crippen LogP contribution in [0.5, 0.6) is 0 Å². The lowest BCUT2D eigenvalue weighted by Crippen LogP contribution is -2.24. The van der Waals surface area contributed by atoms with E-state index in [2.05, 4.69) is 4.74 Å². The Balaban J connectivity index is 2.95. The molecule has 0 radical (unpaired) electrons. The molecule has 0 spiro atoms. The first kappa shape index (κ1) is 6.88. The summed E-state index contributed by atoms with van der Waals surface area (Å²) >= 11 is 0. The van der Waals surface area contributed by atoms with E-state index in [0.29, 0.717) is 0 Å². The highest BCUT2D eigenvalue weighted by atomic mass is 16.6. The average molecular weight is 105 g/mol. The fraction of sp³-hybridized carbons (Fsp3) is 1.00. The zero-order valence-corrected chi connectivity index (χ0v) is 4.59. The van der Waals surface area contributed by atoms with Crippen molar-refractivity contribution < 1.29 is 9.84 Å². The summed E-state index contributed by atoms with van der Waals surface area (Å²) in [6, 6.07) is 0. The molecular weight excluding hydrogens is 94.0 g/mol. The van der Waals surface area contributed by atoms with Crippen LogP contribution in [0.1, 0.15) is 13.8 Å². The Morgan fingerprint density at radius 2 is 2.00 bits per heavy atom. The molecule has 0 saturated heterocycles. The summed E-state index contributed by atoms with van der Waals surface area (Å²) < 4.78 is 4.58. The van der Waals surface area contributed by atoms with Crippen LogP contribution >= 0.6 is 0 Å². The molecule has 0 heterocycles. The Kier molecular flexibility index (Phi) is 2.91. The summed E-state index contributed by atoms with van der Waals surface area (Å²) in [5, 5.41) is 8.42. The van der Waals surface area contributed by atoms with Gasteiger partial charge in [0.15, 0.2) is 6.29 Å². The number of ether oxygens (including phenoxy) is 1. The minimum atomic E-state index is -0.750. The molecular formula is C4H11NO2. The van der Waals surface area contributed by atoms with Crippen LogP contribution in [0.2, 0.25) is 0 Å². The van der Waals surface area contributed by atoms with Crippen LogP contribution in [-0.4, -0.2) is 17.6 Å². The van der Waals surface area contributed by atoms with Crippen molar-refractivity contribution in [3.05, 3.63) is 0 Å². The quantitative estimate of drug-likeness (QED) is 0.472. The first-order valence-electron chi connectivity index (χ1n) is 2.22. The molecule has 0 aliphatic heterocycles. The third-order valence-corrected chi connectivity index (χ3v) is 0.412. The third kappa shape index (κ3) is 5.88. The summed E-state index contributed by atoms with van der Waals surface area (Å²) in [7, 11) is 0. The molecule has 0 aromatic rings. The number of hydrogen-bond donors (Lipinski definition) is 2. The summed E-state index contributed by atoms with van der Waals surface area (Å²) in [6.07, 6.45) is -1.13. The Bertz CT molecular complexity index is 39.0. The highest BCUT2D eigenvalue weighted by Gasteiger charge is 1.95. The van der Waals surface area contributed by atoms with E-state index >= 15 is 0 Å². The smallest absolute Gasteiger partial charge is 0.153 e. The SMILES string of the molecule is CC(N)OC(C)O. The predicted octanol–water partition coefficient (Wildman–Crippen LogP) is -0.354. The van der Waals surface area contributed by atoms with Gasteiger partial charge in [0, 0.05) is 0 Å². The van der Waals surface area contributed by atoms with Crippen LogP contribution in [-0.2, 0) is 4.74 Å². The molecule has 7 heavy (non-hydrogen) atoms. The lowest BCUT2D eigenvalue weighted by molar-refractivity contribution is -0.115. The van der Waals surface area contributed by atoms with Crippen molar-refractivity contribution in [1.82, 2.24) is 0 Å². The van der Waals surface area contributed by atoms with Gasteiger partial charge >= 0.3 is 0 Å². The maximum atomic E-state index is 8.42. The van der Waals surface area contributed by atoms with Crippen molar-refractivity contribution in [2.24, 2.45) is 5.73 Å². The second-order valence-corrected chi connectivity index (χ2v) is 1.44. The molecule has 0 rings (SSSR count).